The van der Waals surface area contributed by atoms with E-state index in [1.165, 1.54) is 6.07 Å². The van der Waals surface area contributed by atoms with Crippen molar-refractivity contribution in [1.82, 2.24) is 0 Å². The van der Waals surface area contributed by atoms with E-state index in [1.54, 1.807) is 12.1 Å². The predicted octanol–water partition coefficient (Wildman–Crippen LogP) is 4.29. The van der Waals surface area contributed by atoms with Crippen molar-refractivity contribution in [3.63, 3.8) is 0 Å². The average Bonchev–Trinajstić information content (AvgIpc) is 2.32. The van der Waals surface area contributed by atoms with Gasteiger partial charge in [0, 0.05) is 28.4 Å². The monoisotopic (exact) mass is 306 g/mol. The molecule has 0 spiro atoms. The molecule has 1 aromatic rings. The summed E-state index contributed by atoms with van der Waals surface area (Å²) in [5, 5.41) is 0. The lowest BCUT2D eigenvalue weighted by atomic mass is 9.91. The molecule has 1 aromatic carbocycles. The van der Waals surface area contributed by atoms with Crippen LogP contribution in [0.5, 0.6) is 0 Å². The zero-order chi connectivity index (χ0) is 11.5. The largest absolute Gasteiger partial charge is 0.373 e. The lowest BCUT2D eigenvalue weighted by Gasteiger charge is -2.31. The van der Waals surface area contributed by atoms with Crippen LogP contribution < -0.4 is 0 Å². The summed E-state index contributed by atoms with van der Waals surface area (Å²) in [6.07, 6.45) is 1.80. The van der Waals surface area contributed by atoms with Gasteiger partial charge in [-0.1, -0.05) is 15.9 Å². The summed E-state index contributed by atoms with van der Waals surface area (Å²) in [5.74, 6) is 0.501. The minimum Gasteiger partial charge on any atom is -0.373 e. The fourth-order valence-electron chi connectivity index (χ4n) is 2.08. The molecular formula is C12H13BrClFO. The molecule has 1 fully saturated rings. The van der Waals surface area contributed by atoms with E-state index < -0.39 is 0 Å². The lowest BCUT2D eigenvalue weighted by molar-refractivity contribution is -0.0227. The van der Waals surface area contributed by atoms with Crippen molar-refractivity contribution >= 4 is 27.5 Å². The minimum atomic E-state index is -0.217. The Balaban J connectivity index is 2.30. The maximum Gasteiger partial charge on any atom is 0.129 e. The second kappa shape index (κ2) is 5.48. The van der Waals surface area contributed by atoms with Crippen LogP contribution in [0.25, 0.3) is 0 Å². The molecule has 2 unspecified atom stereocenters. The van der Waals surface area contributed by atoms with Crippen molar-refractivity contribution in [2.45, 2.75) is 18.9 Å². The first kappa shape index (κ1) is 12.3. The first-order valence-electron chi connectivity index (χ1n) is 5.35. The highest BCUT2D eigenvalue weighted by Crippen LogP contribution is 2.36. The van der Waals surface area contributed by atoms with Crippen molar-refractivity contribution in [3.8, 4) is 0 Å². The molecule has 88 valence electrons. The topological polar surface area (TPSA) is 9.23 Å². The first-order chi connectivity index (χ1) is 7.72. The molecule has 0 amide bonds. The summed E-state index contributed by atoms with van der Waals surface area (Å²) < 4.78 is 20.2. The summed E-state index contributed by atoms with van der Waals surface area (Å²) in [7, 11) is 0. The molecule has 4 heteroatoms. The highest BCUT2D eigenvalue weighted by atomic mass is 79.9. The molecule has 0 saturated carbocycles. The molecule has 2 atom stereocenters. The van der Waals surface area contributed by atoms with E-state index in [1.807, 2.05) is 0 Å². The highest BCUT2D eigenvalue weighted by Gasteiger charge is 2.28. The van der Waals surface area contributed by atoms with Crippen LogP contribution >= 0.6 is 27.5 Å². The van der Waals surface area contributed by atoms with Gasteiger partial charge in [0.2, 0.25) is 0 Å². The maximum absolute atomic E-state index is 13.7. The molecule has 1 nitrogen and oxygen atoms in total. The Labute approximate surface area is 108 Å². The lowest BCUT2D eigenvalue weighted by Crippen LogP contribution is -2.24. The molecule has 16 heavy (non-hydrogen) atoms. The van der Waals surface area contributed by atoms with E-state index in [2.05, 4.69) is 15.9 Å². The van der Waals surface area contributed by atoms with Crippen molar-refractivity contribution in [2.75, 3.05) is 12.5 Å². The van der Waals surface area contributed by atoms with Gasteiger partial charge in [-0.05, 0) is 31.0 Å². The number of ether oxygens (including phenoxy) is 1. The molecule has 0 aromatic heterocycles. The van der Waals surface area contributed by atoms with Gasteiger partial charge in [0.15, 0.2) is 0 Å². The van der Waals surface area contributed by atoms with Gasteiger partial charge < -0.3 is 4.74 Å². The predicted molar refractivity (Wildman–Crippen MR) is 66.2 cm³/mol. The van der Waals surface area contributed by atoms with Gasteiger partial charge in [-0.2, -0.15) is 0 Å². The molecule has 1 saturated heterocycles. The third-order valence-electron chi connectivity index (χ3n) is 2.91. The fourth-order valence-corrected chi connectivity index (χ4v) is 2.77. The maximum atomic E-state index is 13.7. The number of hydrogen-bond donors (Lipinski definition) is 0. The van der Waals surface area contributed by atoms with Crippen molar-refractivity contribution in [3.05, 3.63) is 34.1 Å². The summed E-state index contributed by atoms with van der Waals surface area (Å²) in [6, 6.07) is 4.94. The average molecular weight is 308 g/mol. The number of benzene rings is 1. The van der Waals surface area contributed by atoms with E-state index in [0.29, 0.717) is 18.1 Å². The Morgan fingerprint density at radius 1 is 1.50 bits per heavy atom. The van der Waals surface area contributed by atoms with Gasteiger partial charge in [-0.3, -0.25) is 0 Å². The van der Waals surface area contributed by atoms with Crippen LogP contribution in [0.2, 0.25) is 0 Å². The normalized spacial score (nSPS) is 25.7. The zero-order valence-corrected chi connectivity index (χ0v) is 11.1. The van der Waals surface area contributed by atoms with E-state index in [4.69, 9.17) is 16.3 Å². The Kier molecular flexibility index (Phi) is 4.22. The van der Waals surface area contributed by atoms with E-state index in [9.17, 15) is 4.39 Å². The Bertz CT molecular complexity index is 372. The van der Waals surface area contributed by atoms with Crippen LogP contribution in [0.4, 0.5) is 4.39 Å². The smallest absolute Gasteiger partial charge is 0.129 e. The van der Waals surface area contributed by atoms with Crippen LogP contribution in [0.15, 0.2) is 22.7 Å². The molecule has 0 aliphatic carbocycles. The Hall–Kier alpha value is -0.120. The Morgan fingerprint density at radius 2 is 2.31 bits per heavy atom. The quantitative estimate of drug-likeness (QED) is 0.740. The number of rotatable bonds is 2. The van der Waals surface area contributed by atoms with Crippen LogP contribution in [-0.4, -0.2) is 12.5 Å². The van der Waals surface area contributed by atoms with Crippen LogP contribution in [0, 0.1) is 11.7 Å². The molecule has 2 rings (SSSR count). The summed E-state index contributed by atoms with van der Waals surface area (Å²) >= 11 is 9.25. The standard InChI is InChI=1S/C12H13BrClFO/c13-9-3-4-11(15)10(6-9)12-8(7-14)2-1-5-16-12/h3-4,6,8,12H,1-2,5,7H2. The number of alkyl halides is 1. The number of halogens is 3. The van der Waals surface area contributed by atoms with E-state index >= 15 is 0 Å². The van der Waals surface area contributed by atoms with Gasteiger partial charge in [-0.15, -0.1) is 11.6 Å². The third-order valence-corrected chi connectivity index (χ3v) is 3.80. The van der Waals surface area contributed by atoms with Gasteiger partial charge in [0.1, 0.15) is 5.82 Å². The van der Waals surface area contributed by atoms with Crippen molar-refractivity contribution in [1.29, 1.82) is 0 Å². The molecule has 0 radical (unpaired) electrons. The summed E-state index contributed by atoms with van der Waals surface area (Å²) in [6.45, 7) is 0.685. The number of hydrogen-bond acceptors (Lipinski definition) is 1. The summed E-state index contributed by atoms with van der Waals surface area (Å²) in [5.41, 5.74) is 0.611. The first-order valence-corrected chi connectivity index (χ1v) is 6.67. The van der Waals surface area contributed by atoms with Crippen LogP contribution in [0.3, 0.4) is 0 Å². The van der Waals surface area contributed by atoms with Gasteiger partial charge >= 0.3 is 0 Å². The molecule has 0 bridgehead atoms. The SMILES string of the molecule is Fc1ccc(Br)cc1C1OCCCC1CCl. The van der Waals surface area contributed by atoms with Crippen molar-refractivity contribution < 1.29 is 9.13 Å². The van der Waals surface area contributed by atoms with Gasteiger partial charge in [0.05, 0.1) is 6.10 Å². The minimum absolute atomic E-state index is 0.205. The fraction of sp³-hybridized carbons (Fsp3) is 0.500. The highest BCUT2D eigenvalue weighted by molar-refractivity contribution is 9.10. The van der Waals surface area contributed by atoms with Gasteiger partial charge in [0.25, 0.3) is 0 Å². The second-order valence-electron chi connectivity index (χ2n) is 4.01. The zero-order valence-electron chi connectivity index (χ0n) is 8.76. The van der Waals surface area contributed by atoms with Gasteiger partial charge in [-0.25, -0.2) is 4.39 Å². The molecule has 1 aliphatic rings. The molecule has 0 N–H and O–H groups in total. The molecular weight excluding hydrogens is 294 g/mol. The van der Waals surface area contributed by atoms with Crippen LogP contribution in [0.1, 0.15) is 24.5 Å². The Morgan fingerprint density at radius 3 is 3.06 bits per heavy atom. The van der Waals surface area contributed by atoms with Crippen molar-refractivity contribution in [2.24, 2.45) is 5.92 Å². The van der Waals surface area contributed by atoms with E-state index in [-0.39, 0.29) is 17.8 Å². The molecule has 1 heterocycles. The summed E-state index contributed by atoms with van der Waals surface area (Å²) in [4.78, 5) is 0. The van der Waals surface area contributed by atoms with Crippen LogP contribution in [-0.2, 0) is 4.74 Å². The van der Waals surface area contributed by atoms with E-state index in [0.717, 1.165) is 17.3 Å². The second-order valence-corrected chi connectivity index (χ2v) is 5.24. The third kappa shape index (κ3) is 2.58. The molecule has 1 aliphatic heterocycles.